The maximum absolute atomic E-state index is 11.9. The number of halogens is 1. The number of ether oxygens (including phenoxy) is 1. The summed E-state index contributed by atoms with van der Waals surface area (Å²) < 4.78 is 7.07. The molecule has 1 aliphatic rings. The van der Waals surface area contributed by atoms with Crippen LogP contribution in [0.4, 0.5) is 5.82 Å². The molecule has 0 unspecified atom stereocenters. The van der Waals surface area contributed by atoms with E-state index in [9.17, 15) is 4.79 Å². The summed E-state index contributed by atoms with van der Waals surface area (Å²) >= 11 is 5.91. The van der Waals surface area contributed by atoms with Crippen molar-refractivity contribution in [3.05, 3.63) is 51.8 Å². The SMILES string of the molecule is O=c1ccc(N2CCNCC2)nn1CCOc1cccc(Cl)c1. The Balaban J connectivity index is 1.63. The Morgan fingerprint density at radius 3 is 2.83 bits per heavy atom. The van der Waals surface area contributed by atoms with E-state index in [-0.39, 0.29) is 5.56 Å². The lowest BCUT2D eigenvalue weighted by Gasteiger charge is -2.28. The van der Waals surface area contributed by atoms with Crippen molar-refractivity contribution in [3.8, 4) is 5.75 Å². The van der Waals surface area contributed by atoms with E-state index >= 15 is 0 Å². The van der Waals surface area contributed by atoms with E-state index in [1.54, 1.807) is 24.3 Å². The van der Waals surface area contributed by atoms with E-state index in [2.05, 4.69) is 15.3 Å². The minimum absolute atomic E-state index is 0.126. The van der Waals surface area contributed by atoms with E-state index in [0.29, 0.717) is 23.9 Å². The van der Waals surface area contributed by atoms with Gasteiger partial charge in [0.15, 0.2) is 0 Å². The van der Waals surface area contributed by atoms with Crippen molar-refractivity contribution in [2.45, 2.75) is 6.54 Å². The van der Waals surface area contributed by atoms with Crippen LogP contribution in [0.15, 0.2) is 41.2 Å². The molecule has 0 aliphatic carbocycles. The number of hydrogen-bond donors (Lipinski definition) is 1. The molecule has 122 valence electrons. The van der Waals surface area contributed by atoms with Crippen LogP contribution < -0.4 is 20.5 Å². The van der Waals surface area contributed by atoms with Crippen LogP contribution in [0.3, 0.4) is 0 Å². The first-order valence-electron chi connectivity index (χ1n) is 7.64. The van der Waals surface area contributed by atoms with Crippen molar-refractivity contribution in [1.29, 1.82) is 0 Å². The van der Waals surface area contributed by atoms with E-state index < -0.39 is 0 Å². The highest BCUT2D eigenvalue weighted by Crippen LogP contribution is 2.17. The summed E-state index contributed by atoms with van der Waals surface area (Å²) in [4.78, 5) is 14.1. The van der Waals surface area contributed by atoms with Gasteiger partial charge in [0.1, 0.15) is 18.2 Å². The van der Waals surface area contributed by atoms with Gasteiger partial charge in [0.2, 0.25) is 0 Å². The molecule has 23 heavy (non-hydrogen) atoms. The van der Waals surface area contributed by atoms with Gasteiger partial charge in [-0.3, -0.25) is 4.79 Å². The third-order valence-corrected chi connectivity index (χ3v) is 3.90. The summed E-state index contributed by atoms with van der Waals surface area (Å²) in [7, 11) is 0. The van der Waals surface area contributed by atoms with Gasteiger partial charge >= 0.3 is 0 Å². The van der Waals surface area contributed by atoms with Crippen LogP contribution >= 0.6 is 11.6 Å². The molecular weight excluding hydrogens is 316 g/mol. The van der Waals surface area contributed by atoms with Gasteiger partial charge in [0, 0.05) is 37.3 Å². The largest absolute Gasteiger partial charge is 0.492 e. The summed E-state index contributed by atoms with van der Waals surface area (Å²) in [6, 6.07) is 10.5. The molecule has 1 aliphatic heterocycles. The molecule has 0 amide bonds. The number of nitrogens with one attached hydrogen (secondary N) is 1. The monoisotopic (exact) mass is 334 g/mol. The van der Waals surface area contributed by atoms with Gasteiger partial charge in [-0.25, -0.2) is 4.68 Å². The third kappa shape index (κ3) is 4.24. The molecule has 3 rings (SSSR count). The Morgan fingerprint density at radius 2 is 2.04 bits per heavy atom. The van der Waals surface area contributed by atoms with E-state index in [1.165, 1.54) is 4.68 Å². The molecule has 0 saturated carbocycles. The number of piperazine rings is 1. The first kappa shape index (κ1) is 15.8. The summed E-state index contributed by atoms with van der Waals surface area (Å²) in [6.45, 7) is 4.40. The lowest BCUT2D eigenvalue weighted by molar-refractivity contribution is 0.288. The van der Waals surface area contributed by atoms with Gasteiger partial charge < -0.3 is 15.0 Å². The van der Waals surface area contributed by atoms with Crippen LogP contribution in [-0.2, 0) is 6.54 Å². The van der Waals surface area contributed by atoms with Gasteiger partial charge in [-0.1, -0.05) is 17.7 Å². The van der Waals surface area contributed by atoms with Crippen molar-refractivity contribution in [3.63, 3.8) is 0 Å². The number of nitrogens with zero attached hydrogens (tertiary/aromatic N) is 3. The lowest BCUT2D eigenvalue weighted by Crippen LogP contribution is -2.44. The van der Waals surface area contributed by atoms with E-state index in [0.717, 1.165) is 32.0 Å². The Hall–Kier alpha value is -2.05. The molecule has 0 bridgehead atoms. The van der Waals surface area contributed by atoms with Gasteiger partial charge in [0.05, 0.1) is 6.54 Å². The Morgan fingerprint density at radius 1 is 1.22 bits per heavy atom. The zero-order valence-corrected chi connectivity index (χ0v) is 13.5. The first-order valence-corrected chi connectivity index (χ1v) is 8.02. The topological polar surface area (TPSA) is 59.4 Å². The summed E-state index contributed by atoms with van der Waals surface area (Å²) in [5.74, 6) is 1.51. The van der Waals surface area contributed by atoms with Crippen molar-refractivity contribution in [2.24, 2.45) is 0 Å². The van der Waals surface area contributed by atoms with Crippen molar-refractivity contribution < 1.29 is 4.74 Å². The highest BCUT2D eigenvalue weighted by atomic mass is 35.5. The summed E-state index contributed by atoms with van der Waals surface area (Å²) in [5, 5.41) is 8.36. The zero-order chi connectivity index (χ0) is 16.1. The standard InChI is InChI=1S/C16H19ClN4O2/c17-13-2-1-3-14(12-13)23-11-10-21-16(22)5-4-15(19-21)20-8-6-18-7-9-20/h1-5,12,18H,6-11H2. The van der Waals surface area contributed by atoms with Crippen LogP contribution in [0.25, 0.3) is 0 Å². The molecule has 1 aromatic carbocycles. The fraction of sp³-hybridized carbons (Fsp3) is 0.375. The van der Waals surface area contributed by atoms with Crippen LogP contribution in [0.5, 0.6) is 5.75 Å². The second-order valence-electron chi connectivity index (χ2n) is 5.30. The van der Waals surface area contributed by atoms with Gasteiger partial charge in [-0.15, -0.1) is 0 Å². The average Bonchev–Trinajstić information content (AvgIpc) is 2.57. The fourth-order valence-electron chi connectivity index (χ4n) is 2.47. The number of aromatic nitrogens is 2. The highest BCUT2D eigenvalue weighted by Gasteiger charge is 2.12. The maximum Gasteiger partial charge on any atom is 0.266 e. The number of rotatable bonds is 5. The Kier molecular flexibility index (Phi) is 5.15. The molecule has 0 spiro atoms. The lowest BCUT2D eigenvalue weighted by atomic mass is 10.3. The second-order valence-corrected chi connectivity index (χ2v) is 5.73. The maximum atomic E-state index is 11.9. The third-order valence-electron chi connectivity index (χ3n) is 3.66. The van der Waals surface area contributed by atoms with Crippen molar-refractivity contribution in [2.75, 3.05) is 37.7 Å². The molecule has 0 radical (unpaired) electrons. The molecule has 7 heteroatoms. The predicted octanol–water partition coefficient (Wildman–Crippen LogP) is 1.39. The number of benzene rings is 1. The molecule has 2 aromatic rings. The molecule has 6 nitrogen and oxygen atoms in total. The van der Waals surface area contributed by atoms with E-state index in [1.807, 2.05) is 12.1 Å². The normalized spacial score (nSPS) is 14.7. The zero-order valence-electron chi connectivity index (χ0n) is 12.7. The Labute approximate surface area is 139 Å². The second kappa shape index (κ2) is 7.48. The average molecular weight is 335 g/mol. The van der Waals surface area contributed by atoms with Gasteiger partial charge in [-0.2, -0.15) is 5.10 Å². The smallest absolute Gasteiger partial charge is 0.266 e. The van der Waals surface area contributed by atoms with Crippen molar-refractivity contribution in [1.82, 2.24) is 15.1 Å². The summed E-state index contributed by atoms with van der Waals surface area (Å²) in [6.07, 6.45) is 0. The van der Waals surface area contributed by atoms with Crippen LogP contribution in [0.1, 0.15) is 0 Å². The summed E-state index contributed by atoms with van der Waals surface area (Å²) in [5.41, 5.74) is -0.126. The minimum Gasteiger partial charge on any atom is -0.492 e. The van der Waals surface area contributed by atoms with Crippen LogP contribution in [0, 0.1) is 0 Å². The van der Waals surface area contributed by atoms with Crippen LogP contribution in [-0.4, -0.2) is 42.6 Å². The van der Waals surface area contributed by atoms with Crippen molar-refractivity contribution >= 4 is 17.4 Å². The van der Waals surface area contributed by atoms with Gasteiger partial charge in [0.25, 0.3) is 5.56 Å². The molecule has 0 atom stereocenters. The molecule has 1 N–H and O–H groups in total. The Bertz CT molecular complexity index is 713. The number of anilines is 1. The number of hydrogen-bond acceptors (Lipinski definition) is 5. The molecule has 2 heterocycles. The minimum atomic E-state index is -0.126. The highest BCUT2D eigenvalue weighted by molar-refractivity contribution is 6.30. The molecular formula is C16H19ClN4O2. The first-order chi connectivity index (χ1) is 11.2. The van der Waals surface area contributed by atoms with E-state index in [4.69, 9.17) is 16.3 Å². The fourth-order valence-corrected chi connectivity index (χ4v) is 2.65. The predicted molar refractivity (Wildman–Crippen MR) is 90.5 cm³/mol. The van der Waals surface area contributed by atoms with Gasteiger partial charge in [-0.05, 0) is 24.3 Å². The quantitative estimate of drug-likeness (QED) is 0.895. The molecule has 1 saturated heterocycles. The molecule has 1 aromatic heterocycles. The van der Waals surface area contributed by atoms with Crippen LogP contribution in [0.2, 0.25) is 5.02 Å². The molecule has 1 fully saturated rings.